The van der Waals surface area contributed by atoms with Crippen molar-refractivity contribution in [3.05, 3.63) is 53.2 Å². The van der Waals surface area contributed by atoms with E-state index in [0.717, 1.165) is 35.2 Å². The van der Waals surface area contributed by atoms with E-state index in [1.807, 2.05) is 48.2 Å². The second kappa shape index (κ2) is 8.74. The van der Waals surface area contributed by atoms with Crippen molar-refractivity contribution >= 4 is 28.4 Å². The van der Waals surface area contributed by atoms with E-state index >= 15 is 0 Å². The third kappa shape index (κ3) is 3.74. The molecule has 2 aromatic carbocycles. The van der Waals surface area contributed by atoms with Crippen LogP contribution in [0.2, 0.25) is 0 Å². The number of ether oxygens (including phenoxy) is 3. The summed E-state index contributed by atoms with van der Waals surface area (Å²) >= 11 is 0. The van der Waals surface area contributed by atoms with Gasteiger partial charge in [0, 0.05) is 50.1 Å². The van der Waals surface area contributed by atoms with E-state index in [1.54, 1.807) is 7.11 Å². The summed E-state index contributed by atoms with van der Waals surface area (Å²) in [4.78, 5) is 33.8. The summed E-state index contributed by atoms with van der Waals surface area (Å²) in [5.41, 5.74) is 3.04. The zero-order chi connectivity index (χ0) is 24.9. The molecular formula is C27H30N4O5. The van der Waals surface area contributed by atoms with Crippen LogP contribution in [-0.4, -0.2) is 73.9 Å². The number of aryl methyl sites for hydroxylation is 1. The number of nitrogens with zero attached hydrogens (tertiary/aromatic N) is 2. The number of benzene rings is 2. The van der Waals surface area contributed by atoms with Gasteiger partial charge in [-0.25, -0.2) is 0 Å². The average Bonchev–Trinajstić information content (AvgIpc) is 3.25. The van der Waals surface area contributed by atoms with Crippen molar-refractivity contribution < 1.29 is 23.8 Å². The molecule has 2 amide bonds. The first-order valence-electron chi connectivity index (χ1n) is 12.4. The Morgan fingerprint density at radius 3 is 2.61 bits per heavy atom. The normalized spacial score (nSPS) is 19.1. The van der Waals surface area contributed by atoms with Gasteiger partial charge in [0.1, 0.15) is 17.2 Å². The number of nitrogens with one attached hydrogen (secondary N) is 2. The van der Waals surface area contributed by atoms with Crippen LogP contribution in [0.3, 0.4) is 0 Å². The van der Waals surface area contributed by atoms with Gasteiger partial charge in [0.15, 0.2) is 5.72 Å². The summed E-state index contributed by atoms with van der Waals surface area (Å²) in [5.74, 6) is 1.11. The number of rotatable bonds is 3. The van der Waals surface area contributed by atoms with E-state index in [-0.39, 0.29) is 11.8 Å². The summed E-state index contributed by atoms with van der Waals surface area (Å²) in [7, 11) is 1.62. The van der Waals surface area contributed by atoms with Gasteiger partial charge >= 0.3 is 0 Å². The second-order valence-corrected chi connectivity index (χ2v) is 9.63. The molecule has 3 aliphatic rings. The van der Waals surface area contributed by atoms with Crippen molar-refractivity contribution in [2.24, 2.45) is 0 Å². The molecule has 0 radical (unpaired) electrons. The van der Waals surface area contributed by atoms with Crippen molar-refractivity contribution in [3.63, 3.8) is 0 Å². The first-order valence-corrected chi connectivity index (χ1v) is 12.4. The van der Waals surface area contributed by atoms with Gasteiger partial charge in [0.25, 0.3) is 11.8 Å². The largest absolute Gasteiger partial charge is 0.495 e. The van der Waals surface area contributed by atoms with Crippen LogP contribution < -0.4 is 19.7 Å². The molecule has 0 unspecified atom stereocenters. The molecule has 1 spiro atoms. The molecule has 0 aliphatic carbocycles. The Labute approximate surface area is 209 Å². The van der Waals surface area contributed by atoms with E-state index in [4.69, 9.17) is 14.2 Å². The first-order chi connectivity index (χ1) is 17.5. The van der Waals surface area contributed by atoms with Crippen LogP contribution in [0.1, 0.15) is 39.3 Å². The molecular weight excluding hydrogens is 460 g/mol. The molecule has 3 aliphatic heterocycles. The van der Waals surface area contributed by atoms with Gasteiger partial charge in [-0.15, -0.1) is 0 Å². The highest BCUT2D eigenvalue weighted by molar-refractivity contribution is 6.02. The number of hydrogen-bond acceptors (Lipinski definition) is 6. The third-order valence-electron chi connectivity index (χ3n) is 7.58. The molecule has 0 atom stereocenters. The highest BCUT2D eigenvalue weighted by atomic mass is 16.5. The van der Waals surface area contributed by atoms with Crippen LogP contribution in [0, 0.1) is 6.92 Å². The molecule has 6 rings (SSSR count). The number of amides is 2. The summed E-state index contributed by atoms with van der Waals surface area (Å²) < 4.78 is 17.3. The molecule has 4 heterocycles. The van der Waals surface area contributed by atoms with Crippen molar-refractivity contribution in [3.8, 4) is 11.5 Å². The Morgan fingerprint density at radius 1 is 1.08 bits per heavy atom. The smallest absolute Gasteiger partial charge is 0.270 e. The number of methoxy groups -OCH3 is 1. The SMILES string of the molecule is COc1cccc2c(C)c(C(=O)N3CCC4(CC3)NC(=O)c3cc(N5CCOCC5)ccc3O4)[nH]c12. The molecule has 2 fully saturated rings. The number of likely N-dealkylation sites (tertiary alicyclic amines) is 1. The predicted molar refractivity (Wildman–Crippen MR) is 135 cm³/mol. The number of aromatic nitrogens is 1. The van der Waals surface area contributed by atoms with Crippen molar-refractivity contribution in [2.45, 2.75) is 25.5 Å². The lowest BCUT2D eigenvalue weighted by molar-refractivity contribution is -0.0246. The molecule has 2 N–H and O–H groups in total. The fourth-order valence-electron chi connectivity index (χ4n) is 5.48. The maximum Gasteiger partial charge on any atom is 0.270 e. The molecule has 9 heteroatoms. The van der Waals surface area contributed by atoms with Gasteiger partial charge < -0.3 is 34.3 Å². The third-order valence-corrected chi connectivity index (χ3v) is 7.58. The van der Waals surface area contributed by atoms with Crippen molar-refractivity contribution in [1.29, 1.82) is 0 Å². The monoisotopic (exact) mass is 490 g/mol. The van der Waals surface area contributed by atoms with Crippen molar-refractivity contribution in [2.75, 3.05) is 51.4 Å². The Bertz CT molecular complexity index is 1340. The number of morpholine rings is 1. The minimum absolute atomic E-state index is 0.0571. The lowest BCUT2D eigenvalue weighted by atomic mass is 9.96. The lowest BCUT2D eigenvalue weighted by Crippen LogP contribution is -2.61. The lowest BCUT2D eigenvalue weighted by Gasteiger charge is -2.44. The van der Waals surface area contributed by atoms with E-state index in [2.05, 4.69) is 15.2 Å². The van der Waals surface area contributed by atoms with Crippen LogP contribution in [-0.2, 0) is 4.74 Å². The summed E-state index contributed by atoms with van der Waals surface area (Å²) in [6.07, 6.45) is 1.02. The second-order valence-electron chi connectivity index (χ2n) is 9.63. The minimum atomic E-state index is -0.805. The first kappa shape index (κ1) is 22.7. The Balaban J connectivity index is 1.18. The Kier molecular flexibility index (Phi) is 5.52. The number of anilines is 1. The number of carbonyl (C=O) groups is 2. The number of H-pyrrole nitrogens is 1. The molecule has 1 aromatic heterocycles. The number of carbonyl (C=O) groups excluding carboxylic acids is 2. The standard InChI is InChI=1S/C27H30N4O5/c1-17-19-4-3-5-22(34-2)24(19)28-23(17)26(33)31-10-8-27(9-11-31)29-25(32)20-16-18(6-7-21(20)36-27)30-12-14-35-15-13-30/h3-7,16,28H,8-15H2,1-2H3,(H,29,32). The van der Waals surface area contributed by atoms with Crippen molar-refractivity contribution in [1.82, 2.24) is 15.2 Å². The fourth-order valence-corrected chi connectivity index (χ4v) is 5.48. The van der Waals surface area contributed by atoms with E-state index < -0.39 is 5.72 Å². The number of hydrogen-bond donors (Lipinski definition) is 2. The molecule has 9 nitrogen and oxygen atoms in total. The van der Waals surface area contributed by atoms with Crippen LogP contribution in [0.4, 0.5) is 5.69 Å². The molecule has 2 saturated heterocycles. The van der Waals surface area contributed by atoms with Gasteiger partial charge in [0.05, 0.1) is 31.4 Å². The van der Waals surface area contributed by atoms with E-state index in [1.165, 1.54) is 0 Å². The topological polar surface area (TPSA) is 96.1 Å². The van der Waals surface area contributed by atoms with Gasteiger partial charge in [-0.1, -0.05) is 12.1 Å². The van der Waals surface area contributed by atoms with E-state index in [0.29, 0.717) is 61.9 Å². The molecule has 0 bridgehead atoms. The number of fused-ring (bicyclic) bond motifs is 2. The van der Waals surface area contributed by atoms with Gasteiger partial charge in [-0.3, -0.25) is 9.59 Å². The summed E-state index contributed by atoms with van der Waals surface area (Å²) in [6.45, 7) is 5.88. The molecule has 36 heavy (non-hydrogen) atoms. The number of aromatic amines is 1. The molecule has 0 saturated carbocycles. The maximum absolute atomic E-state index is 13.4. The van der Waals surface area contributed by atoms with Gasteiger partial charge in [-0.05, 0) is 36.8 Å². The highest BCUT2D eigenvalue weighted by Crippen LogP contribution is 2.36. The number of piperidine rings is 1. The fraction of sp³-hybridized carbons (Fsp3) is 0.407. The minimum Gasteiger partial charge on any atom is -0.495 e. The zero-order valence-corrected chi connectivity index (χ0v) is 20.6. The highest BCUT2D eigenvalue weighted by Gasteiger charge is 2.43. The summed E-state index contributed by atoms with van der Waals surface area (Å²) in [5, 5.41) is 4.07. The summed E-state index contributed by atoms with van der Waals surface area (Å²) in [6, 6.07) is 11.6. The maximum atomic E-state index is 13.4. The van der Waals surface area contributed by atoms with Crippen LogP contribution in [0.15, 0.2) is 36.4 Å². The van der Waals surface area contributed by atoms with Gasteiger partial charge in [-0.2, -0.15) is 0 Å². The zero-order valence-electron chi connectivity index (χ0n) is 20.6. The number of para-hydroxylation sites is 1. The quantitative estimate of drug-likeness (QED) is 0.586. The molecule has 3 aromatic rings. The Morgan fingerprint density at radius 2 is 1.86 bits per heavy atom. The van der Waals surface area contributed by atoms with Crippen LogP contribution in [0.5, 0.6) is 11.5 Å². The predicted octanol–water partition coefficient (Wildman–Crippen LogP) is 3.08. The van der Waals surface area contributed by atoms with Crippen LogP contribution >= 0.6 is 0 Å². The van der Waals surface area contributed by atoms with Gasteiger partial charge in [0.2, 0.25) is 0 Å². The molecule has 188 valence electrons. The Hall–Kier alpha value is -3.72. The van der Waals surface area contributed by atoms with E-state index in [9.17, 15) is 9.59 Å². The van der Waals surface area contributed by atoms with Crippen LogP contribution in [0.25, 0.3) is 10.9 Å². The average molecular weight is 491 g/mol.